The summed E-state index contributed by atoms with van der Waals surface area (Å²) in [6.07, 6.45) is 0. The Kier molecular flexibility index (Phi) is 7.39. The van der Waals surface area contributed by atoms with Crippen LogP contribution in [0.4, 0.5) is 0 Å². The van der Waals surface area contributed by atoms with Crippen molar-refractivity contribution < 1.29 is 28.6 Å². The van der Waals surface area contributed by atoms with Crippen molar-refractivity contribution in [2.24, 2.45) is 0 Å². The molecular formula is C29H30N2O6. The average Bonchev–Trinajstić information content (AvgIpc) is 3.48. The summed E-state index contributed by atoms with van der Waals surface area (Å²) in [4.78, 5) is 30.4. The average molecular weight is 503 g/mol. The molecule has 192 valence electrons. The monoisotopic (exact) mass is 502 g/mol. The van der Waals surface area contributed by atoms with Crippen molar-refractivity contribution in [3.8, 4) is 5.75 Å². The van der Waals surface area contributed by atoms with Gasteiger partial charge in [-0.1, -0.05) is 42.5 Å². The highest BCUT2D eigenvalue weighted by Crippen LogP contribution is 2.39. The van der Waals surface area contributed by atoms with E-state index in [1.807, 2.05) is 54.6 Å². The number of aliphatic hydroxyl groups excluding tert-OH is 1. The van der Waals surface area contributed by atoms with Crippen LogP contribution in [0.5, 0.6) is 5.75 Å². The van der Waals surface area contributed by atoms with E-state index < -0.39 is 23.5 Å². The van der Waals surface area contributed by atoms with E-state index in [9.17, 15) is 14.7 Å². The van der Waals surface area contributed by atoms with Gasteiger partial charge in [0, 0.05) is 26.2 Å². The lowest BCUT2D eigenvalue weighted by molar-refractivity contribution is -0.129. The molecule has 8 heteroatoms. The molecule has 2 aromatic carbocycles. The Bertz CT molecular complexity index is 1280. The van der Waals surface area contributed by atoms with Crippen LogP contribution in [0.1, 0.15) is 33.5 Å². The second kappa shape index (κ2) is 11.0. The minimum Gasteiger partial charge on any atom is -0.503 e. The molecule has 3 heterocycles. The summed E-state index contributed by atoms with van der Waals surface area (Å²) >= 11 is 0. The van der Waals surface area contributed by atoms with E-state index in [0.29, 0.717) is 50.0 Å². The van der Waals surface area contributed by atoms with Crippen LogP contribution in [0.25, 0.3) is 0 Å². The third kappa shape index (κ3) is 5.45. The van der Waals surface area contributed by atoms with E-state index in [-0.39, 0.29) is 11.3 Å². The van der Waals surface area contributed by atoms with Gasteiger partial charge in [0.15, 0.2) is 11.5 Å². The Hall–Kier alpha value is -3.88. The number of nitrogens with zero attached hydrogens (tertiary/aromatic N) is 2. The van der Waals surface area contributed by atoms with Crippen LogP contribution >= 0.6 is 0 Å². The molecule has 2 aliphatic heterocycles. The molecule has 1 fully saturated rings. The van der Waals surface area contributed by atoms with Crippen LogP contribution in [0, 0.1) is 6.92 Å². The zero-order chi connectivity index (χ0) is 25.8. The third-order valence-electron chi connectivity index (χ3n) is 6.72. The minimum atomic E-state index is -0.741. The summed E-state index contributed by atoms with van der Waals surface area (Å²) in [6.45, 7) is 5.97. The SMILES string of the molecule is Cc1ccc(C(=O)C2=C(O)C(=O)N(CCN3CCOCC3)C2c2ccc(OCc3ccccc3)cc2)o1. The Labute approximate surface area is 215 Å². The number of carbonyl (C=O) groups excluding carboxylic acids is 2. The summed E-state index contributed by atoms with van der Waals surface area (Å²) in [7, 11) is 0. The number of rotatable bonds is 9. The van der Waals surface area contributed by atoms with Gasteiger partial charge in [0.05, 0.1) is 24.8 Å². The van der Waals surface area contributed by atoms with Gasteiger partial charge in [0.1, 0.15) is 18.1 Å². The van der Waals surface area contributed by atoms with Gasteiger partial charge in [-0.2, -0.15) is 0 Å². The van der Waals surface area contributed by atoms with Crippen molar-refractivity contribution >= 4 is 11.7 Å². The third-order valence-corrected chi connectivity index (χ3v) is 6.72. The van der Waals surface area contributed by atoms with E-state index in [0.717, 1.165) is 18.7 Å². The molecule has 1 amide bonds. The smallest absolute Gasteiger partial charge is 0.290 e. The summed E-state index contributed by atoms with van der Waals surface area (Å²) in [5, 5.41) is 10.9. The molecule has 37 heavy (non-hydrogen) atoms. The van der Waals surface area contributed by atoms with Gasteiger partial charge in [-0.15, -0.1) is 0 Å². The van der Waals surface area contributed by atoms with Crippen molar-refractivity contribution in [3.05, 3.63) is 101 Å². The Morgan fingerprint density at radius 3 is 2.41 bits per heavy atom. The molecule has 0 spiro atoms. The van der Waals surface area contributed by atoms with Crippen LogP contribution in [0.15, 0.2) is 82.5 Å². The molecule has 1 aromatic heterocycles. The van der Waals surface area contributed by atoms with Gasteiger partial charge >= 0.3 is 0 Å². The molecule has 5 rings (SSSR count). The lowest BCUT2D eigenvalue weighted by Gasteiger charge is -2.31. The highest BCUT2D eigenvalue weighted by atomic mass is 16.5. The quantitative estimate of drug-likeness (QED) is 0.441. The second-order valence-corrected chi connectivity index (χ2v) is 9.20. The number of hydrogen-bond acceptors (Lipinski definition) is 7. The molecule has 0 aliphatic carbocycles. The molecule has 1 unspecified atom stereocenters. The molecule has 0 saturated carbocycles. The number of aliphatic hydroxyl groups is 1. The normalized spacial score (nSPS) is 18.5. The van der Waals surface area contributed by atoms with Crippen molar-refractivity contribution in [2.75, 3.05) is 39.4 Å². The topological polar surface area (TPSA) is 92.5 Å². The summed E-state index contributed by atoms with van der Waals surface area (Å²) in [5.41, 5.74) is 1.79. The maximum Gasteiger partial charge on any atom is 0.290 e. The minimum absolute atomic E-state index is 0.0271. The Balaban J connectivity index is 1.40. The van der Waals surface area contributed by atoms with Crippen LogP contribution in [-0.2, 0) is 16.1 Å². The number of Topliss-reactive ketones (excluding diaryl/α,β-unsaturated/α-hetero) is 1. The van der Waals surface area contributed by atoms with Crippen molar-refractivity contribution in [1.82, 2.24) is 9.80 Å². The largest absolute Gasteiger partial charge is 0.503 e. The number of amides is 1. The number of morpholine rings is 1. The molecule has 0 bridgehead atoms. The van der Waals surface area contributed by atoms with Crippen molar-refractivity contribution in [1.29, 1.82) is 0 Å². The number of ketones is 1. The van der Waals surface area contributed by atoms with Gasteiger partial charge in [-0.25, -0.2) is 0 Å². The lowest BCUT2D eigenvalue weighted by atomic mass is 9.95. The first-order valence-electron chi connectivity index (χ1n) is 12.4. The van der Waals surface area contributed by atoms with Gasteiger partial charge in [0.2, 0.25) is 5.78 Å². The number of aryl methyl sites for hydroxylation is 1. The summed E-state index contributed by atoms with van der Waals surface area (Å²) in [5.74, 6) is -0.255. The Morgan fingerprint density at radius 2 is 1.73 bits per heavy atom. The maximum absolute atomic E-state index is 13.4. The van der Waals surface area contributed by atoms with E-state index in [4.69, 9.17) is 13.9 Å². The van der Waals surface area contributed by atoms with Gasteiger partial charge in [-0.05, 0) is 42.3 Å². The van der Waals surface area contributed by atoms with E-state index in [1.54, 1.807) is 24.0 Å². The predicted molar refractivity (Wildman–Crippen MR) is 136 cm³/mol. The Morgan fingerprint density at radius 1 is 1.00 bits per heavy atom. The van der Waals surface area contributed by atoms with E-state index in [1.165, 1.54) is 0 Å². The lowest BCUT2D eigenvalue weighted by Crippen LogP contribution is -2.43. The van der Waals surface area contributed by atoms with Gasteiger partial charge in [0.25, 0.3) is 5.91 Å². The number of hydrogen-bond donors (Lipinski definition) is 1. The molecule has 3 aromatic rings. The van der Waals surface area contributed by atoms with Crippen LogP contribution in [-0.4, -0.2) is 66.0 Å². The fourth-order valence-corrected chi connectivity index (χ4v) is 4.71. The number of carbonyl (C=O) groups is 2. The first-order valence-corrected chi connectivity index (χ1v) is 12.4. The second-order valence-electron chi connectivity index (χ2n) is 9.20. The fraction of sp³-hybridized carbons (Fsp3) is 0.310. The van der Waals surface area contributed by atoms with Gasteiger partial charge in [-0.3, -0.25) is 14.5 Å². The van der Waals surface area contributed by atoms with Crippen LogP contribution < -0.4 is 4.74 Å². The number of ether oxygens (including phenoxy) is 2. The van der Waals surface area contributed by atoms with Crippen LogP contribution in [0.2, 0.25) is 0 Å². The summed E-state index contributed by atoms with van der Waals surface area (Å²) < 4.78 is 16.9. The van der Waals surface area contributed by atoms with Crippen molar-refractivity contribution in [2.45, 2.75) is 19.6 Å². The molecule has 1 N–H and O–H groups in total. The van der Waals surface area contributed by atoms with Crippen LogP contribution in [0.3, 0.4) is 0 Å². The summed E-state index contributed by atoms with van der Waals surface area (Å²) in [6, 6.07) is 19.7. The predicted octanol–water partition coefficient (Wildman–Crippen LogP) is 4.08. The molecule has 8 nitrogen and oxygen atoms in total. The first-order chi connectivity index (χ1) is 18.0. The molecule has 2 aliphatic rings. The maximum atomic E-state index is 13.4. The molecule has 0 radical (unpaired) electrons. The van der Waals surface area contributed by atoms with Gasteiger partial charge < -0.3 is 23.9 Å². The number of furan rings is 1. The molecular weight excluding hydrogens is 472 g/mol. The standard InChI is InChI=1S/C29H30N2O6/c1-20-7-12-24(37-20)27(32)25-26(31(29(34)28(25)33)14-13-30-15-17-35-18-16-30)22-8-10-23(11-9-22)36-19-21-5-3-2-4-6-21/h2-12,26,33H,13-19H2,1H3. The zero-order valence-corrected chi connectivity index (χ0v) is 20.8. The molecule has 1 atom stereocenters. The fourth-order valence-electron chi connectivity index (χ4n) is 4.71. The van der Waals surface area contributed by atoms with Crippen molar-refractivity contribution in [3.63, 3.8) is 0 Å². The number of benzene rings is 2. The van der Waals surface area contributed by atoms with E-state index in [2.05, 4.69) is 4.90 Å². The van der Waals surface area contributed by atoms with E-state index >= 15 is 0 Å². The molecule has 1 saturated heterocycles. The highest BCUT2D eigenvalue weighted by molar-refractivity contribution is 6.15. The highest BCUT2D eigenvalue weighted by Gasteiger charge is 2.44. The zero-order valence-electron chi connectivity index (χ0n) is 20.8. The first kappa shape index (κ1) is 24.8.